The number of allylic oxidation sites excluding steroid dienone is 1. The Morgan fingerprint density at radius 3 is 2.76 bits per heavy atom. The van der Waals surface area contributed by atoms with Gasteiger partial charge in [0.1, 0.15) is 0 Å². The highest BCUT2D eigenvalue weighted by molar-refractivity contribution is 5.81. The second kappa shape index (κ2) is 9.34. The fourth-order valence-electron chi connectivity index (χ4n) is 3.92. The normalized spacial score (nSPS) is 14.3. The summed E-state index contributed by atoms with van der Waals surface area (Å²) in [6.07, 6.45) is 7.42. The Balaban J connectivity index is 1.48. The Hall–Kier alpha value is -3.84. The second-order valence-corrected chi connectivity index (χ2v) is 8.13. The topological polar surface area (TPSA) is 67.9 Å². The van der Waals surface area contributed by atoms with E-state index in [1.54, 1.807) is 12.4 Å². The SMILES string of the molecule is C=C(C)c1cccc(C=NCc2cc(N3CCOCC3)c3nc(-c4ccncc4)cn3n2)c1. The first kappa shape index (κ1) is 21.0. The number of anilines is 1. The van der Waals surface area contributed by atoms with Gasteiger partial charge in [0.2, 0.25) is 0 Å². The van der Waals surface area contributed by atoms with Crippen molar-refractivity contribution >= 4 is 23.1 Å². The van der Waals surface area contributed by atoms with E-state index < -0.39 is 0 Å². The highest BCUT2D eigenvalue weighted by Crippen LogP contribution is 2.26. The van der Waals surface area contributed by atoms with Crippen LogP contribution in [0.15, 0.2) is 72.6 Å². The number of pyridine rings is 1. The van der Waals surface area contributed by atoms with Crippen LogP contribution in [-0.4, -0.2) is 52.1 Å². The minimum Gasteiger partial charge on any atom is -0.378 e. The highest BCUT2D eigenvalue weighted by atomic mass is 16.5. The molecule has 0 unspecified atom stereocenters. The average Bonchev–Trinajstić information content (AvgIpc) is 3.29. The summed E-state index contributed by atoms with van der Waals surface area (Å²) in [5, 5.41) is 4.81. The van der Waals surface area contributed by atoms with Gasteiger partial charge >= 0.3 is 0 Å². The van der Waals surface area contributed by atoms with Crippen molar-refractivity contribution in [3.63, 3.8) is 0 Å². The number of aliphatic imine (C=N–C) groups is 1. The van der Waals surface area contributed by atoms with Crippen LogP contribution in [0.2, 0.25) is 0 Å². The van der Waals surface area contributed by atoms with Gasteiger partial charge in [-0.05, 0) is 42.3 Å². The number of hydrogen-bond acceptors (Lipinski definition) is 6. The molecular weight excluding hydrogens is 412 g/mol. The van der Waals surface area contributed by atoms with Crippen LogP contribution in [0.3, 0.4) is 0 Å². The third-order valence-corrected chi connectivity index (χ3v) is 5.66. The number of hydrogen-bond donors (Lipinski definition) is 0. The predicted octanol–water partition coefficient (Wildman–Crippen LogP) is 4.28. The zero-order chi connectivity index (χ0) is 22.6. The molecule has 166 valence electrons. The molecule has 1 aliphatic rings. The van der Waals surface area contributed by atoms with Gasteiger partial charge in [0, 0.05) is 37.3 Å². The van der Waals surface area contributed by atoms with Crippen molar-refractivity contribution < 1.29 is 4.74 Å². The van der Waals surface area contributed by atoms with Crippen LogP contribution >= 0.6 is 0 Å². The molecule has 0 spiro atoms. The molecule has 7 heteroatoms. The maximum atomic E-state index is 5.56. The van der Waals surface area contributed by atoms with Gasteiger partial charge in [-0.2, -0.15) is 5.10 Å². The van der Waals surface area contributed by atoms with Crippen molar-refractivity contribution in [3.05, 3.63) is 84.5 Å². The summed E-state index contributed by atoms with van der Waals surface area (Å²) < 4.78 is 7.43. The van der Waals surface area contributed by atoms with Crippen molar-refractivity contribution in [1.82, 2.24) is 19.6 Å². The molecule has 5 rings (SSSR count). The van der Waals surface area contributed by atoms with Crippen LogP contribution in [0.25, 0.3) is 22.5 Å². The maximum absolute atomic E-state index is 5.56. The van der Waals surface area contributed by atoms with E-state index in [1.165, 1.54) is 0 Å². The Morgan fingerprint density at radius 1 is 1.15 bits per heavy atom. The Bertz CT molecular complexity index is 1310. The second-order valence-electron chi connectivity index (χ2n) is 8.13. The van der Waals surface area contributed by atoms with Crippen LogP contribution < -0.4 is 4.90 Å². The summed E-state index contributed by atoms with van der Waals surface area (Å²) in [7, 11) is 0. The average molecular weight is 439 g/mol. The molecule has 0 amide bonds. The molecule has 0 bridgehead atoms. The van der Waals surface area contributed by atoms with Crippen LogP contribution in [0, 0.1) is 0 Å². The molecule has 7 nitrogen and oxygen atoms in total. The summed E-state index contributed by atoms with van der Waals surface area (Å²) in [6.45, 7) is 9.58. The summed E-state index contributed by atoms with van der Waals surface area (Å²) in [5.41, 5.74) is 7.88. The molecule has 0 saturated carbocycles. The smallest absolute Gasteiger partial charge is 0.177 e. The van der Waals surface area contributed by atoms with Gasteiger partial charge < -0.3 is 9.64 Å². The number of imidazole rings is 1. The zero-order valence-corrected chi connectivity index (χ0v) is 18.7. The molecule has 1 saturated heterocycles. The van der Waals surface area contributed by atoms with Crippen molar-refractivity contribution in [2.75, 3.05) is 31.2 Å². The Morgan fingerprint density at radius 2 is 1.97 bits per heavy atom. The molecule has 0 radical (unpaired) electrons. The summed E-state index contributed by atoms with van der Waals surface area (Å²) in [6, 6.07) is 14.2. The number of rotatable bonds is 6. The minimum atomic E-state index is 0.480. The lowest BCUT2D eigenvalue weighted by atomic mass is 10.1. The van der Waals surface area contributed by atoms with E-state index in [2.05, 4.69) is 39.7 Å². The van der Waals surface area contributed by atoms with E-state index in [0.717, 1.165) is 58.1 Å². The van der Waals surface area contributed by atoms with E-state index in [1.807, 2.05) is 48.1 Å². The predicted molar refractivity (Wildman–Crippen MR) is 132 cm³/mol. The zero-order valence-electron chi connectivity index (χ0n) is 18.7. The minimum absolute atomic E-state index is 0.480. The standard InChI is InChI=1S/C26H26N6O/c1-19(2)22-5-3-4-20(14-22)16-28-17-23-15-25(31-10-12-33-13-11-31)26-29-24(18-32(26)30-23)21-6-8-27-9-7-21/h3-9,14-16,18H,1,10-13,17H2,2H3. The highest BCUT2D eigenvalue weighted by Gasteiger charge is 2.18. The largest absolute Gasteiger partial charge is 0.378 e. The van der Waals surface area contributed by atoms with Gasteiger partial charge in [-0.15, -0.1) is 0 Å². The molecule has 3 aromatic heterocycles. The number of fused-ring (bicyclic) bond motifs is 1. The van der Waals surface area contributed by atoms with Crippen LogP contribution in [0.4, 0.5) is 5.69 Å². The lowest BCUT2D eigenvalue weighted by Gasteiger charge is -2.29. The summed E-state index contributed by atoms with van der Waals surface area (Å²) >= 11 is 0. The van der Waals surface area contributed by atoms with Crippen LogP contribution in [-0.2, 0) is 11.3 Å². The number of benzene rings is 1. The molecule has 4 heterocycles. The molecule has 4 aromatic rings. The molecule has 0 atom stereocenters. The maximum Gasteiger partial charge on any atom is 0.177 e. The molecule has 0 N–H and O–H groups in total. The van der Waals surface area contributed by atoms with E-state index in [0.29, 0.717) is 19.8 Å². The molecule has 1 aromatic carbocycles. The van der Waals surface area contributed by atoms with E-state index >= 15 is 0 Å². The van der Waals surface area contributed by atoms with Gasteiger partial charge in [0.15, 0.2) is 5.65 Å². The van der Waals surface area contributed by atoms with Crippen molar-refractivity contribution in [2.45, 2.75) is 13.5 Å². The number of aromatic nitrogens is 4. The van der Waals surface area contributed by atoms with Crippen molar-refractivity contribution in [1.29, 1.82) is 0 Å². The number of morpholine rings is 1. The van der Waals surface area contributed by atoms with Gasteiger partial charge in [-0.25, -0.2) is 9.50 Å². The van der Waals surface area contributed by atoms with Gasteiger partial charge in [-0.1, -0.05) is 30.4 Å². The van der Waals surface area contributed by atoms with Gasteiger partial charge in [0.25, 0.3) is 0 Å². The molecular formula is C26H26N6O. The molecule has 33 heavy (non-hydrogen) atoms. The van der Waals surface area contributed by atoms with Crippen LogP contribution in [0.5, 0.6) is 0 Å². The van der Waals surface area contributed by atoms with E-state index in [9.17, 15) is 0 Å². The summed E-state index contributed by atoms with van der Waals surface area (Å²) in [5.74, 6) is 0. The van der Waals surface area contributed by atoms with Gasteiger partial charge in [0.05, 0.1) is 43.0 Å². The lowest BCUT2D eigenvalue weighted by molar-refractivity contribution is 0.123. The first-order chi connectivity index (χ1) is 16.2. The third kappa shape index (κ3) is 4.68. The fourth-order valence-corrected chi connectivity index (χ4v) is 3.92. The third-order valence-electron chi connectivity index (χ3n) is 5.66. The number of ether oxygens (including phenoxy) is 1. The first-order valence-corrected chi connectivity index (χ1v) is 11.1. The fraction of sp³-hybridized carbons (Fsp3) is 0.231. The van der Waals surface area contributed by atoms with Crippen LogP contribution in [0.1, 0.15) is 23.7 Å². The monoisotopic (exact) mass is 438 g/mol. The van der Waals surface area contributed by atoms with Crippen molar-refractivity contribution in [2.24, 2.45) is 4.99 Å². The van der Waals surface area contributed by atoms with Gasteiger partial charge in [-0.3, -0.25) is 9.98 Å². The molecule has 0 aliphatic carbocycles. The molecule has 1 aliphatic heterocycles. The van der Waals surface area contributed by atoms with E-state index in [4.69, 9.17) is 14.8 Å². The first-order valence-electron chi connectivity index (χ1n) is 11.1. The quantitative estimate of drug-likeness (QED) is 0.420. The summed E-state index contributed by atoms with van der Waals surface area (Å²) in [4.78, 5) is 16.0. The lowest BCUT2D eigenvalue weighted by Crippen LogP contribution is -2.36. The molecule has 1 fully saturated rings. The van der Waals surface area contributed by atoms with Crippen molar-refractivity contribution in [3.8, 4) is 11.3 Å². The van der Waals surface area contributed by atoms with E-state index in [-0.39, 0.29) is 0 Å². The Kier molecular flexibility index (Phi) is 5.95. The Labute approximate surface area is 193 Å². The number of nitrogens with zero attached hydrogens (tertiary/aromatic N) is 6.